The van der Waals surface area contributed by atoms with Crippen molar-refractivity contribution in [3.63, 3.8) is 0 Å². The molecular formula is C15H18N2O2. The summed E-state index contributed by atoms with van der Waals surface area (Å²) in [5, 5.41) is 0. The molecule has 1 aromatic carbocycles. The predicted octanol–water partition coefficient (Wildman–Crippen LogP) is 2.59. The Hall–Kier alpha value is -2.10. The quantitative estimate of drug-likeness (QED) is 0.827. The van der Waals surface area contributed by atoms with Gasteiger partial charge < -0.3 is 9.47 Å². The van der Waals surface area contributed by atoms with E-state index in [9.17, 15) is 0 Å². The number of methoxy groups -OCH3 is 2. The predicted molar refractivity (Wildman–Crippen MR) is 73.7 cm³/mol. The molecule has 0 unspecified atom stereocenters. The first-order valence-electron chi connectivity index (χ1n) is 6.22. The molecule has 0 amide bonds. The molecule has 100 valence electrons. The lowest BCUT2D eigenvalue weighted by Gasteiger charge is -2.10. The van der Waals surface area contributed by atoms with E-state index in [-0.39, 0.29) is 0 Å². The highest BCUT2D eigenvalue weighted by Crippen LogP contribution is 2.27. The van der Waals surface area contributed by atoms with Crippen molar-refractivity contribution in [2.45, 2.75) is 19.8 Å². The van der Waals surface area contributed by atoms with Crippen LogP contribution in [0.15, 0.2) is 30.6 Å². The minimum Gasteiger partial charge on any atom is -0.490 e. The molecule has 0 fully saturated rings. The number of aromatic nitrogens is 2. The molecule has 1 aromatic heterocycles. The summed E-state index contributed by atoms with van der Waals surface area (Å²) in [6.45, 7) is 2.09. The summed E-state index contributed by atoms with van der Waals surface area (Å²) in [7, 11) is 3.19. The fraction of sp³-hybridized carbons (Fsp3) is 0.333. The second-order valence-electron chi connectivity index (χ2n) is 4.35. The van der Waals surface area contributed by atoms with Crippen molar-refractivity contribution in [1.82, 2.24) is 9.97 Å². The summed E-state index contributed by atoms with van der Waals surface area (Å²) in [6, 6.07) is 8.51. The maximum Gasteiger partial charge on any atom is 0.260 e. The van der Waals surface area contributed by atoms with Crippen LogP contribution >= 0.6 is 0 Å². The molecule has 4 heteroatoms. The smallest absolute Gasteiger partial charge is 0.260 e. The molecule has 4 nitrogen and oxygen atoms in total. The van der Waals surface area contributed by atoms with Gasteiger partial charge in [-0.3, -0.25) is 0 Å². The van der Waals surface area contributed by atoms with Crippen molar-refractivity contribution in [2.75, 3.05) is 14.2 Å². The van der Waals surface area contributed by atoms with Crippen LogP contribution in [-0.4, -0.2) is 24.2 Å². The Morgan fingerprint density at radius 3 is 2.32 bits per heavy atom. The van der Waals surface area contributed by atoms with Crippen LogP contribution in [0.4, 0.5) is 0 Å². The number of benzene rings is 1. The number of nitrogens with zero attached hydrogens (tertiary/aromatic N) is 2. The monoisotopic (exact) mass is 258 g/mol. The van der Waals surface area contributed by atoms with Gasteiger partial charge in [-0.05, 0) is 25.3 Å². The molecule has 0 aliphatic carbocycles. The Balaban J connectivity index is 2.13. The summed E-state index contributed by atoms with van der Waals surface area (Å²) in [5.41, 5.74) is 3.42. The summed E-state index contributed by atoms with van der Waals surface area (Å²) in [5.74, 6) is 1.11. The van der Waals surface area contributed by atoms with Crippen LogP contribution in [0.2, 0.25) is 0 Å². The van der Waals surface area contributed by atoms with Gasteiger partial charge in [-0.15, -0.1) is 0 Å². The minimum atomic E-state index is 0.483. The van der Waals surface area contributed by atoms with Crippen molar-refractivity contribution in [3.8, 4) is 11.6 Å². The van der Waals surface area contributed by atoms with E-state index in [1.165, 1.54) is 17.5 Å². The van der Waals surface area contributed by atoms with E-state index in [1.807, 2.05) is 0 Å². The molecule has 0 N–H and O–H groups in total. The lowest BCUT2D eigenvalue weighted by atomic mass is 10.1. The van der Waals surface area contributed by atoms with E-state index >= 15 is 0 Å². The molecule has 0 aliphatic heterocycles. The molecule has 0 spiro atoms. The number of hydrogen-bond acceptors (Lipinski definition) is 4. The van der Waals surface area contributed by atoms with Gasteiger partial charge in [0, 0.05) is 0 Å². The van der Waals surface area contributed by atoms with Crippen molar-refractivity contribution < 1.29 is 9.47 Å². The largest absolute Gasteiger partial charge is 0.490 e. The van der Waals surface area contributed by atoms with Gasteiger partial charge >= 0.3 is 0 Å². The molecular weight excluding hydrogens is 240 g/mol. The van der Waals surface area contributed by atoms with Crippen molar-refractivity contribution >= 4 is 0 Å². The van der Waals surface area contributed by atoms with Gasteiger partial charge in [0.05, 0.1) is 19.9 Å². The fourth-order valence-electron chi connectivity index (χ4n) is 1.94. The van der Waals surface area contributed by atoms with Gasteiger partial charge in [0.2, 0.25) is 5.75 Å². The van der Waals surface area contributed by atoms with Gasteiger partial charge in [-0.1, -0.05) is 29.8 Å². The zero-order chi connectivity index (χ0) is 13.7. The molecule has 1 heterocycles. The van der Waals surface area contributed by atoms with Crippen molar-refractivity contribution in [3.05, 3.63) is 47.4 Å². The van der Waals surface area contributed by atoms with Crippen LogP contribution in [0.5, 0.6) is 11.6 Å². The van der Waals surface area contributed by atoms with Crippen molar-refractivity contribution in [2.24, 2.45) is 0 Å². The second kappa shape index (κ2) is 6.18. The van der Waals surface area contributed by atoms with E-state index in [2.05, 4.69) is 41.2 Å². The van der Waals surface area contributed by atoms with Gasteiger partial charge in [0.1, 0.15) is 6.33 Å². The summed E-state index contributed by atoms with van der Waals surface area (Å²) < 4.78 is 10.5. The second-order valence-corrected chi connectivity index (χ2v) is 4.35. The number of ether oxygens (including phenoxy) is 2. The molecule has 0 saturated carbocycles. The average molecular weight is 258 g/mol. The lowest BCUT2D eigenvalue weighted by Crippen LogP contribution is -2.02. The van der Waals surface area contributed by atoms with Crippen LogP contribution < -0.4 is 9.47 Å². The molecule has 0 atom stereocenters. The first-order valence-corrected chi connectivity index (χ1v) is 6.22. The highest BCUT2D eigenvalue weighted by Gasteiger charge is 2.12. The van der Waals surface area contributed by atoms with Gasteiger partial charge in [-0.2, -0.15) is 4.98 Å². The van der Waals surface area contributed by atoms with Crippen LogP contribution in [-0.2, 0) is 12.8 Å². The van der Waals surface area contributed by atoms with Crippen molar-refractivity contribution in [1.29, 1.82) is 0 Å². The molecule has 2 aromatic rings. The highest BCUT2D eigenvalue weighted by molar-refractivity contribution is 5.37. The third-order valence-corrected chi connectivity index (χ3v) is 3.01. The minimum absolute atomic E-state index is 0.483. The molecule has 0 bridgehead atoms. The summed E-state index contributed by atoms with van der Waals surface area (Å²) in [4.78, 5) is 8.31. The average Bonchev–Trinajstić information content (AvgIpc) is 2.46. The van der Waals surface area contributed by atoms with Gasteiger partial charge in [-0.25, -0.2) is 4.98 Å². The van der Waals surface area contributed by atoms with E-state index < -0.39 is 0 Å². The molecule has 2 rings (SSSR count). The SMILES string of the molecule is COc1ncnc(CCc2ccc(C)cc2)c1OC. The van der Waals surface area contributed by atoms with Gasteiger partial charge in [0.15, 0.2) is 0 Å². The standard InChI is InChI=1S/C15H18N2O2/c1-11-4-6-12(7-5-11)8-9-13-14(18-2)15(19-3)17-10-16-13/h4-7,10H,8-9H2,1-3H3. The molecule has 0 aliphatic rings. The van der Waals surface area contributed by atoms with Crippen LogP contribution in [0.3, 0.4) is 0 Å². The normalized spacial score (nSPS) is 10.3. The number of hydrogen-bond donors (Lipinski definition) is 0. The van der Waals surface area contributed by atoms with Gasteiger partial charge in [0.25, 0.3) is 5.88 Å². The lowest BCUT2D eigenvalue weighted by molar-refractivity contribution is 0.337. The Morgan fingerprint density at radius 2 is 1.68 bits per heavy atom. The van der Waals surface area contributed by atoms with Crippen LogP contribution in [0.1, 0.15) is 16.8 Å². The topological polar surface area (TPSA) is 44.2 Å². The number of rotatable bonds is 5. The third-order valence-electron chi connectivity index (χ3n) is 3.01. The Labute approximate surface area is 113 Å². The fourth-order valence-corrected chi connectivity index (χ4v) is 1.94. The first-order chi connectivity index (χ1) is 9.24. The zero-order valence-electron chi connectivity index (χ0n) is 11.5. The summed E-state index contributed by atoms with van der Waals surface area (Å²) in [6.07, 6.45) is 3.22. The van der Waals surface area contributed by atoms with E-state index in [0.29, 0.717) is 11.6 Å². The van der Waals surface area contributed by atoms with E-state index in [0.717, 1.165) is 18.5 Å². The van der Waals surface area contributed by atoms with E-state index in [1.54, 1.807) is 14.2 Å². The third kappa shape index (κ3) is 3.22. The Bertz CT molecular complexity index is 538. The Kier molecular flexibility index (Phi) is 4.34. The Morgan fingerprint density at radius 1 is 0.947 bits per heavy atom. The molecule has 0 radical (unpaired) electrons. The maximum atomic E-state index is 5.32. The van der Waals surface area contributed by atoms with E-state index in [4.69, 9.17) is 9.47 Å². The molecule has 0 saturated heterocycles. The highest BCUT2D eigenvalue weighted by atomic mass is 16.5. The zero-order valence-corrected chi connectivity index (χ0v) is 11.5. The maximum absolute atomic E-state index is 5.32. The summed E-state index contributed by atoms with van der Waals surface area (Å²) >= 11 is 0. The first kappa shape index (κ1) is 13.3. The number of aryl methyl sites for hydroxylation is 3. The molecule has 19 heavy (non-hydrogen) atoms. The van der Waals surface area contributed by atoms with Crippen LogP contribution in [0.25, 0.3) is 0 Å². The van der Waals surface area contributed by atoms with Crippen LogP contribution in [0, 0.1) is 6.92 Å².